The Balaban J connectivity index is 1.44. The SMILES string of the molecule is C=C(Cl)S/C(=C\C)SNC(=O)Nc1ccc(-n2ccc3cc(N4CCCC4)ccc3c2=O)nc1. The number of hydrogen-bond acceptors (Lipinski definition) is 6. The number of allylic oxidation sites excluding steroid dienone is 1. The zero-order chi connectivity index (χ0) is 24.1. The van der Waals surface area contributed by atoms with Gasteiger partial charge in [0.1, 0.15) is 5.82 Å². The summed E-state index contributed by atoms with van der Waals surface area (Å²) in [5.41, 5.74) is 1.52. The second-order valence-electron chi connectivity index (χ2n) is 7.58. The van der Waals surface area contributed by atoms with E-state index in [1.54, 1.807) is 18.3 Å². The summed E-state index contributed by atoms with van der Waals surface area (Å²) < 4.78 is 5.40. The van der Waals surface area contributed by atoms with Crippen molar-refractivity contribution in [1.82, 2.24) is 14.3 Å². The molecule has 1 aromatic carbocycles. The van der Waals surface area contributed by atoms with Crippen LogP contribution < -0.4 is 20.5 Å². The Bertz CT molecular complexity index is 1300. The summed E-state index contributed by atoms with van der Waals surface area (Å²) in [6.07, 6.45) is 7.48. The first kappa shape index (κ1) is 24.3. The summed E-state index contributed by atoms with van der Waals surface area (Å²) in [4.78, 5) is 32.0. The van der Waals surface area contributed by atoms with Gasteiger partial charge < -0.3 is 10.2 Å². The molecule has 0 radical (unpaired) electrons. The lowest BCUT2D eigenvalue weighted by Crippen LogP contribution is -2.23. The quantitative estimate of drug-likeness (QED) is 0.374. The van der Waals surface area contributed by atoms with Gasteiger partial charge in [0, 0.05) is 30.4 Å². The molecular weight excluding hydrogens is 490 g/mol. The largest absolute Gasteiger partial charge is 0.372 e. The number of rotatable bonds is 7. The highest BCUT2D eigenvalue weighted by Gasteiger charge is 2.14. The maximum absolute atomic E-state index is 13.1. The minimum atomic E-state index is -0.406. The number of nitrogens with one attached hydrogen (secondary N) is 2. The van der Waals surface area contributed by atoms with Crippen molar-refractivity contribution in [2.75, 3.05) is 23.3 Å². The molecule has 0 atom stereocenters. The summed E-state index contributed by atoms with van der Waals surface area (Å²) in [7, 11) is 0. The average molecular weight is 514 g/mol. The molecule has 1 fully saturated rings. The average Bonchev–Trinajstić information content (AvgIpc) is 3.37. The molecule has 1 saturated heterocycles. The number of pyridine rings is 2. The van der Waals surface area contributed by atoms with Crippen molar-refractivity contribution in [3.63, 3.8) is 0 Å². The maximum Gasteiger partial charge on any atom is 0.329 e. The van der Waals surface area contributed by atoms with Crippen molar-refractivity contribution < 1.29 is 4.79 Å². The van der Waals surface area contributed by atoms with Crippen molar-refractivity contribution in [3.8, 4) is 5.82 Å². The fraction of sp³-hybridized carbons (Fsp3) is 0.208. The molecule has 0 unspecified atom stereocenters. The van der Waals surface area contributed by atoms with Gasteiger partial charge in [-0.05, 0) is 73.5 Å². The van der Waals surface area contributed by atoms with E-state index in [-0.39, 0.29) is 5.56 Å². The van der Waals surface area contributed by atoms with E-state index in [9.17, 15) is 9.59 Å². The van der Waals surface area contributed by atoms with Crippen LogP contribution in [-0.4, -0.2) is 28.7 Å². The molecule has 1 aliphatic rings. The number of urea groups is 1. The van der Waals surface area contributed by atoms with Crippen LogP contribution >= 0.6 is 35.3 Å². The van der Waals surface area contributed by atoms with Gasteiger partial charge in [-0.2, -0.15) is 0 Å². The maximum atomic E-state index is 13.1. The lowest BCUT2D eigenvalue weighted by molar-refractivity contribution is 0.257. The van der Waals surface area contributed by atoms with E-state index < -0.39 is 6.03 Å². The summed E-state index contributed by atoms with van der Waals surface area (Å²) in [5.74, 6) is 0.476. The van der Waals surface area contributed by atoms with Gasteiger partial charge in [0.05, 0.1) is 20.5 Å². The van der Waals surface area contributed by atoms with Crippen LogP contribution in [-0.2, 0) is 0 Å². The zero-order valence-corrected chi connectivity index (χ0v) is 21.0. The summed E-state index contributed by atoms with van der Waals surface area (Å²) in [6, 6.07) is 10.9. The number of aromatic nitrogens is 2. The topological polar surface area (TPSA) is 79.3 Å². The fourth-order valence-corrected chi connectivity index (χ4v) is 5.37. The Kier molecular flexibility index (Phi) is 7.87. The Hall–Kier alpha value is -2.88. The Morgan fingerprint density at radius 3 is 2.68 bits per heavy atom. The summed E-state index contributed by atoms with van der Waals surface area (Å²) >= 11 is 8.19. The molecule has 34 heavy (non-hydrogen) atoms. The van der Waals surface area contributed by atoms with Gasteiger partial charge in [-0.15, -0.1) is 0 Å². The van der Waals surface area contributed by atoms with E-state index >= 15 is 0 Å². The molecule has 3 heterocycles. The van der Waals surface area contributed by atoms with Gasteiger partial charge in [-0.1, -0.05) is 36.0 Å². The van der Waals surface area contributed by atoms with Crippen LogP contribution in [0.5, 0.6) is 0 Å². The minimum absolute atomic E-state index is 0.134. The second kappa shape index (κ2) is 11.0. The zero-order valence-electron chi connectivity index (χ0n) is 18.6. The standard InChI is InChI=1S/C24H24ClN5O2S2/c1-3-22(33-16(2)25)34-28-24(32)27-18-6-9-21(26-15-18)30-13-10-17-14-19(29-11-4-5-12-29)7-8-20(17)23(30)31/h3,6-10,13-15H,2,4-5,11-12H2,1H3,(H2,27,28,32)/b22-3+. The normalized spacial score (nSPS) is 13.8. The Morgan fingerprint density at radius 1 is 1.21 bits per heavy atom. The third-order valence-electron chi connectivity index (χ3n) is 5.30. The van der Waals surface area contributed by atoms with Crippen LogP contribution in [0.2, 0.25) is 0 Å². The monoisotopic (exact) mass is 513 g/mol. The van der Waals surface area contributed by atoms with Crippen LogP contribution in [0.25, 0.3) is 16.6 Å². The van der Waals surface area contributed by atoms with Crippen molar-refractivity contribution in [2.45, 2.75) is 19.8 Å². The number of benzene rings is 1. The molecule has 0 aliphatic carbocycles. The number of nitrogens with zero attached hydrogens (tertiary/aromatic N) is 3. The number of hydrogen-bond donors (Lipinski definition) is 2. The molecule has 0 saturated carbocycles. The third-order valence-corrected chi connectivity index (χ3v) is 7.42. The van der Waals surface area contributed by atoms with Crippen LogP contribution in [0, 0.1) is 0 Å². The third kappa shape index (κ3) is 5.78. The molecular formula is C24H24ClN5O2S2. The molecule has 2 N–H and O–H groups in total. The molecule has 10 heteroatoms. The van der Waals surface area contributed by atoms with Gasteiger partial charge in [-0.25, -0.2) is 9.78 Å². The first-order valence-corrected chi connectivity index (χ1v) is 12.7. The highest BCUT2D eigenvalue weighted by atomic mass is 35.5. The van der Waals surface area contributed by atoms with E-state index in [0.29, 0.717) is 21.3 Å². The van der Waals surface area contributed by atoms with Crippen molar-refractivity contribution in [2.24, 2.45) is 0 Å². The molecule has 0 bridgehead atoms. The van der Waals surface area contributed by atoms with Gasteiger partial charge in [0.2, 0.25) is 0 Å². The van der Waals surface area contributed by atoms with Crippen LogP contribution in [0.1, 0.15) is 19.8 Å². The van der Waals surface area contributed by atoms with E-state index in [1.165, 1.54) is 35.4 Å². The minimum Gasteiger partial charge on any atom is -0.372 e. The molecule has 3 aromatic rings. The van der Waals surface area contributed by atoms with Gasteiger partial charge in [-0.3, -0.25) is 14.1 Å². The number of fused-ring (bicyclic) bond motifs is 1. The van der Waals surface area contributed by atoms with Gasteiger partial charge >= 0.3 is 6.03 Å². The second-order valence-corrected chi connectivity index (χ2v) is 10.5. The van der Waals surface area contributed by atoms with Crippen molar-refractivity contribution in [1.29, 1.82) is 0 Å². The van der Waals surface area contributed by atoms with Gasteiger partial charge in [0.15, 0.2) is 0 Å². The van der Waals surface area contributed by atoms with Crippen LogP contribution in [0.15, 0.2) is 74.8 Å². The highest BCUT2D eigenvalue weighted by Crippen LogP contribution is 2.33. The van der Waals surface area contributed by atoms with E-state index in [0.717, 1.165) is 40.3 Å². The number of thioether (sulfide) groups is 1. The van der Waals surface area contributed by atoms with E-state index in [4.69, 9.17) is 11.6 Å². The molecule has 2 aromatic heterocycles. The molecule has 7 nitrogen and oxygen atoms in total. The number of anilines is 2. The lowest BCUT2D eigenvalue weighted by Gasteiger charge is -2.18. The lowest BCUT2D eigenvalue weighted by atomic mass is 10.1. The van der Waals surface area contributed by atoms with Crippen LogP contribution in [0.3, 0.4) is 0 Å². The summed E-state index contributed by atoms with van der Waals surface area (Å²) in [5, 5.41) is 4.27. The van der Waals surface area contributed by atoms with E-state index in [2.05, 4.69) is 32.6 Å². The van der Waals surface area contributed by atoms with Crippen molar-refractivity contribution in [3.05, 3.63) is 80.4 Å². The predicted molar refractivity (Wildman–Crippen MR) is 145 cm³/mol. The number of carbonyl (C=O) groups excluding carboxylic acids is 1. The van der Waals surface area contributed by atoms with E-state index in [1.807, 2.05) is 31.2 Å². The Morgan fingerprint density at radius 2 is 2.00 bits per heavy atom. The van der Waals surface area contributed by atoms with Crippen LogP contribution in [0.4, 0.5) is 16.2 Å². The van der Waals surface area contributed by atoms with Gasteiger partial charge in [0.25, 0.3) is 5.56 Å². The molecule has 4 rings (SSSR count). The van der Waals surface area contributed by atoms with Crippen molar-refractivity contribution >= 4 is 63.5 Å². The molecule has 0 spiro atoms. The highest BCUT2D eigenvalue weighted by molar-refractivity contribution is 8.24. The predicted octanol–water partition coefficient (Wildman–Crippen LogP) is 6.06. The number of carbonyl (C=O) groups is 1. The molecule has 1 aliphatic heterocycles. The smallest absolute Gasteiger partial charge is 0.329 e. The Labute approximate surface area is 211 Å². The number of halogens is 1. The first-order valence-electron chi connectivity index (χ1n) is 10.7. The summed E-state index contributed by atoms with van der Waals surface area (Å²) in [6.45, 7) is 7.59. The molecule has 176 valence electrons. The fourth-order valence-electron chi connectivity index (χ4n) is 3.69. The molecule has 2 amide bonds. The number of amides is 2. The first-order chi connectivity index (χ1) is 16.4.